The quantitative estimate of drug-likeness (QED) is 0.911. The van der Waals surface area contributed by atoms with Gasteiger partial charge in [-0.1, -0.05) is 30.3 Å². The predicted octanol–water partition coefficient (Wildman–Crippen LogP) is 1.70. The largest absolute Gasteiger partial charge is 0.379 e. The van der Waals surface area contributed by atoms with Crippen LogP contribution in [0.5, 0.6) is 0 Å². The Morgan fingerprint density at radius 1 is 1.11 bits per heavy atom. The van der Waals surface area contributed by atoms with E-state index in [2.05, 4.69) is 4.98 Å². The van der Waals surface area contributed by atoms with E-state index in [9.17, 15) is 9.32 Å². The Labute approximate surface area is 109 Å². The van der Waals surface area contributed by atoms with E-state index < -0.39 is 16.4 Å². The smallest absolute Gasteiger partial charge is 0.126 e. The van der Waals surface area contributed by atoms with Gasteiger partial charge in [-0.05, 0) is 23.3 Å². The predicted molar refractivity (Wildman–Crippen MR) is 72.6 cm³/mol. The van der Waals surface area contributed by atoms with Crippen molar-refractivity contribution in [3.8, 4) is 0 Å². The first kappa shape index (κ1) is 12.9. The SMILES string of the molecule is C[S@](=O)C[C@](O)(c1ccccc1)c1ccncc1. The van der Waals surface area contributed by atoms with Crippen LogP contribution in [0.4, 0.5) is 0 Å². The maximum atomic E-state index is 11.5. The number of rotatable bonds is 4. The lowest BCUT2D eigenvalue weighted by molar-refractivity contribution is 0.106. The first-order valence-electron chi connectivity index (χ1n) is 5.61. The van der Waals surface area contributed by atoms with Crippen LogP contribution in [0, 0.1) is 0 Å². The van der Waals surface area contributed by atoms with E-state index >= 15 is 0 Å². The standard InChI is InChI=1S/C14H15NO2S/c1-18(17)11-14(16,12-5-3-2-4-6-12)13-7-9-15-10-8-13/h2-10,16H,11H2,1H3/t14-,18-/m0/s1. The third kappa shape index (κ3) is 2.66. The van der Waals surface area contributed by atoms with Crippen LogP contribution in [0.25, 0.3) is 0 Å². The van der Waals surface area contributed by atoms with Crippen molar-refractivity contribution < 1.29 is 9.32 Å². The maximum Gasteiger partial charge on any atom is 0.126 e. The van der Waals surface area contributed by atoms with Gasteiger partial charge < -0.3 is 5.11 Å². The van der Waals surface area contributed by atoms with E-state index in [1.165, 1.54) is 0 Å². The van der Waals surface area contributed by atoms with Crippen LogP contribution < -0.4 is 0 Å². The van der Waals surface area contributed by atoms with Gasteiger partial charge in [-0.2, -0.15) is 0 Å². The second kappa shape index (κ2) is 5.42. The second-order valence-electron chi connectivity index (χ2n) is 4.18. The summed E-state index contributed by atoms with van der Waals surface area (Å²) in [6, 6.07) is 12.8. The molecule has 0 bridgehead atoms. The molecule has 0 unspecified atom stereocenters. The Balaban J connectivity index is 2.51. The molecule has 2 atom stereocenters. The molecule has 1 heterocycles. The zero-order valence-corrected chi connectivity index (χ0v) is 10.9. The lowest BCUT2D eigenvalue weighted by Crippen LogP contribution is -2.33. The van der Waals surface area contributed by atoms with Crippen LogP contribution >= 0.6 is 0 Å². The number of aromatic nitrogens is 1. The summed E-state index contributed by atoms with van der Waals surface area (Å²) in [4.78, 5) is 3.94. The third-order valence-electron chi connectivity index (χ3n) is 2.82. The lowest BCUT2D eigenvalue weighted by atomic mass is 9.89. The van der Waals surface area contributed by atoms with Crippen LogP contribution in [-0.4, -0.2) is 26.3 Å². The summed E-state index contributed by atoms with van der Waals surface area (Å²) in [5.74, 6) is 0.168. The number of benzene rings is 1. The molecule has 18 heavy (non-hydrogen) atoms. The summed E-state index contributed by atoms with van der Waals surface area (Å²) in [5, 5.41) is 10.9. The van der Waals surface area contributed by atoms with Gasteiger partial charge in [-0.25, -0.2) is 0 Å². The van der Waals surface area contributed by atoms with Crippen molar-refractivity contribution in [3.63, 3.8) is 0 Å². The molecule has 0 aliphatic rings. The second-order valence-corrected chi connectivity index (χ2v) is 5.61. The highest BCUT2D eigenvalue weighted by atomic mass is 32.2. The molecule has 1 aromatic heterocycles. The third-order valence-corrected chi connectivity index (χ3v) is 3.65. The van der Waals surface area contributed by atoms with Gasteiger partial charge in [0.25, 0.3) is 0 Å². The van der Waals surface area contributed by atoms with E-state index in [4.69, 9.17) is 0 Å². The fourth-order valence-corrected chi connectivity index (χ4v) is 2.89. The lowest BCUT2D eigenvalue weighted by Gasteiger charge is -2.28. The number of hydrogen-bond acceptors (Lipinski definition) is 3. The fourth-order valence-electron chi connectivity index (χ4n) is 1.97. The van der Waals surface area contributed by atoms with Crippen molar-refractivity contribution in [1.29, 1.82) is 0 Å². The Hall–Kier alpha value is -1.52. The molecular formula is C14H15NO2S. The number of hydrogen-bond donors (Lipinski definition) is 1. The normalized spacial score (nSPS) is 15.9. The van der Waals surface area contributed by atoms with E-state index in [1.54, 1.807) is 30.8 Å². The molecule has 3 nitrogen and oxygen atoms in total. The van der Waals surface area contributed by atoms with Gasteiger partial charge in [0.05, 0.1) is 5.75 Å². The first-order valence-corrected chi connectivity index (χ1v) is 7.34. The molecule has 0 aliphatic carbocycles. The molecule has 4 heteroatoms. The van der Waals surface area contributed by atoms with Gasteiger partial charge in [0.1, 0.15) is 5.60 Å². The summed E-state index contributed by atoms with van der Waals surface area (Å²) >= 11 is 0. The Morgan fingerprint density at radius 2 is 1.67 bits per heavy atom. The molecule has 1 aromatic carbocycles. The van der Waals surface area contributed by atoms with Gasteiger partial charge in [0.15, 0.2) is 0 Å². The van der Waals surface area contributed by atoms with Gasteiger partial charge in [0, 0.05) is 29.4 Å². The van der Waals surface area contributed by atoms with E-state index in [1.807, 2.05) is 30.3 Å². The summed E-state index contributed by atoms with van der Waals surface area (Å²) in [7, 11) is -1.11. The summed E-state index contributed by atoms with van der Waals surface area (Å²) in [5.41, 5.74) is 0.217. The molecule has 2 aromatic rings. The number of nitrogens with zero attached hydrogens (tertiary/aromatic N) is 1. The van der Waals surface area contributed by atoms with Gasteiger partial charge in [0.2, 0.25) is 0 Å². The minimum Gasteiger partial charge on any atom is -0.379 e. The zero-order chi connectivity index (χ0) is 13.0. The maximum absolute atomic E-state index is 11.5. The van der Waals surface area contributed by atoms with E-state index in [-0.39, 0.29) is 5.75 Å². The van der Waals surface area contributed by atoms with Gasteiger partial charge in [-0.3, -0.25) is 9.19 Å². The highest BCUT2D eigenvalue weighted by Crippen LogP contribution is 2.29. The minimum atomic E-state index is -1.23. The molecule has 0 saturated heterocycles. The topological polar surface area (TPSA) is 50.2 Å². The van der Waals surface area contributed by atoms with Crippen molar-refractivity contribution in [1.82, 2.24) is 4.98 Å². The van der Waals surface area contributed by atoms with Crippen molar-refractivity contribution in [2.75, 3.05) is 12.0 Å². The molecule has 1 N–H and O–H groups in total. The Morgan fingerprint density at radius 3 is 2.22 bits per heavy atom. The molecule has 0 amide bonds. The molecule has 0 saturated carbocycles. The highest BCUT2D eigenvalue weighted by Gasteiger charge is 2.32. The molecular weight excluding hydrogens is 246 g/mol. The van der Waals surface area contributed by atoms with Crippen molar-refractivity contribution in [2.45, 2.75) is 5.60 Å². The molecule has 2 rings (SSSR count). The van der Waals surface area contributed by atoms with E-state index in [0.717, 1.165) is 5.56 Å². The zero-order valence-electron chi connectivity index (χ0n) is 10.1. The van der Waals surface area contributed by atoms with Crippen molar-refractivity contribution in [3.05, 3.63) is 66.0 Å². The molecule has 0 aliphatic heterocycles. The fraction of sp³-hybridized carbons (Fsp3) is 0.214. The van der Waals surface area contributed by atoms with E-state index in [0.29, 0.717) is 5.56 Å². The van der Waals surface area contributed by atoms with Crippen molar-refractivity contribution >= 4 is 10.8 Å². The molecule has 0 fully saturated rings. The van der Waals surface area contributed by atoms with Crippen LogP contribution in [0.1, 0.15) is 11.1 Å². The number of pyridine rings is 1. The number of aliphatic hydroxyl groups is 1. The monoisotopic (exact) mass is 261 g/mol. The van der Waals surface area contributed by atoms with Crippen LogP contribution in [0.15, 0.2) is 54.9 Å². The van der Waals surface area contributed by atoms with Crippen molar-refractivity contribution in [2.24, 2.45) is 0 Å². The Kier molecular flexibility index (Phi) is 3.89. The minimum absolute atomic E-state index is 0.168. The first-order chi connectivity index (χ1) is 8.63. The summed E-state index contributed by atoms with van der Waals surface area (Å²) in [6.07, 6.45) is 4.85. The molecule has 0 radical (unpaired) electrons. The molecule has 0 spiro atoms. The average molecular weight is 261 g/mol. The van der Waals surface area contributed by atoms with Crippen LogP contribution in [0.3, 0.4) is 0 Å². The molecule has 94 valence electrons. The average Bonchev–Trinajstić information content (AvgIpc) is 2.40. The Bertz CT molecular complexity index is 489. The van der Waals surface area contributed by atoms with Crippen LogP contribution in [0.2, 0.25) is 0 Å². The summed E-state index contributed by atoms with van der Waals surface area (Å²) < 4.78 is 11.5. The summed E-state index contributed by atoms with van der Waals surface area (Å²) in [6.45, 7) is 0. The van der Waals surface area contributed by atoms with Gasteiger partial charge in [-0.15, -0.1) is 0 Å². The van der Waals surface area contributed by atoms with Crippen LogP contribution in [-0.2, 0) is 16.4 Å². The highest BCUT2D eigenvalue weighted by molar-refractivity contribution is 7.84. The van der Waals surface area contributed by atoms with Gasteiger partial charge >= 0.3 is 0 Å².